The molecule has 2 amide bonds. The number of aliphatic carboxylic acids is 1. The van der Waals surface area contributed by atoms with E-state index in [-0.39, 0.29) is 26.7 Å². The van der Waals surface area contributed by atoms with Gasteiger partial charge in [0.2, 0.25) is 10.0 Å². The van der Waals surface area contributed by atoms with Crippen molar-refractivity contribution in [1.82, 2.24) is 10.0 Å². The number of nitrogens with two attached hydrogens (primary N) is 1. The van der Waals surface area contributed by atoms with Gasteiger partial charge in [0.1, 0.15) is 0 Å². The lowest BCUT2D eigenvalue weighted by molar-refractivity contribution is -0.137. The van der Waals surface area contributed by atoms with Gasteiger partial charge in [-0.15, -0.1) is 0 Å². The maximum absolute atomic E-state index is 13.1. The van der Waals surface area contributed by atoms with Crippen molar-refractivity contribution in [2.75, 3.05) is 22.3 Å². The average Bonchev–Trinajstić information content (AvgIpc) is 2.87. The van der Waals surface area contributed by atoms with Crippen molar-refractivity contribution < 1.29 is 31.5 Å². The van der Waals surface area contributed by atoms with Crippen molar-refractivity contribution in [2.45, 2.75) is 35.6 Å². The molecule has 208 valence electrons. The Bertz CT molecular complexity index is 1540. The number of hydrogen-bond donors (Lipinski definition) is 6. The van der Waals surface area contributed by atoms with E-state index in [0.29, 0.717) is 12.2 Å². The summed E-state index contributed by atoms with van der Waals surface area (Å²) >= 11 is 0. The standard InChI is InChI=1S/C25H29N5O7S2/c1-2-13-27-25(33)28-19-6-4-8-22(15-19)39(36,37)29-20-7-3-5-17(14-20)23(16-24(31)32)30-38(34,35)21-11-9-18(26)10-12-21/h3-12,14-15,23,29-30H,2,13,16,26H2,1H3,(H,31,32)(H2,27,28,33). The molecule has 3 rings (SSSR count). The van der Waals surface area contributed by atoms with Crippen LogP contribution in [0.2, 0.25) is 0 Å². The highest BCUT2D eigenvalue weighted by molar-refractivity contribution is 7.92. The van der Waals surface area contributed by atoms with Crippen LogP contribution in [-0.4, -0.2) is 40.5 Å². The van der Waals surface area contributed by atoms with Gasteiger partial charge in [0.05, 0.1) is 22.3 Å². The van der Waals surface area contributed by atoms with E-state index < -0.39 is 44.5 Å². The Kier molecular flexibility index (Phi) is 9.51. The number of nitrogen functional groups attached to an aromatic ring is 1. The Hall–Kier alpha value is -4.14. The number of carbonyl (C=O) groups is 2. The summed E-state index contributed by atoms with van der Waals surface area (Å²) in [5.74, 6) is -1.27. The maximum atomic E-state index is 13.1. The second-order valence-electron chi connectivity index (χ2n) is 8.48. The average molecular weight is 576 g/mol. The van der Waals surface area contributed by atoms with E-state index in [9.17, 15) is 31.5 Å². The van der Waals surface area contributed by atoms with E-state index in [1.54, 1.807) is 0 Å². The fourth-order valence-electron chi connectivity index (χ4n) is 3.49. The molecule has 3 aromatic rings. The van der Waals surface area contributed by atoms with E-state index in [0.717, 1.165) is 6.42 Å². The Morgan fingerprint density at radius 2 is 1.54 bits per heavy atom. The van der Waals surface area contributed by atoms with Crippen LogP contribution in [0.15, 0.2) is 82.6 Å². The number of carboxylic acid groups (broad SMARTS) is 1. The quantitative estimate of drug-likeness (QED) is 0.177. The molecule has 1 atom stereocenters. The highest BCUT2D eigenvalue weighted by Gasteiger charge is 2.24. The predicted octanol–water partition coefficient (Wildman–Crippen LogP) is 3.10. The molecule has 1 unspecified atom stereocenters. The van der Waals surface area contributed by atoms with Gasteiger partial charge in [-0.1, -0.05) is 25.1 Å². The normalized spacial score (nSPS) is 12.3. The first-order chi connectivity index (χ1) is 18.4. The van der Waals surface area contributed by atoms with Crippen molar-refractivity contribution in [1.29, 1.82) is 0 Å². The summed E-state index contributed by atoms with van der Waals surface area (Å²) in [5, 5.41) is 14.6. The van der Waals surface area contributed by atoms with E-state index in [4.69, 9.17) is 5.73 Å². The number of hydrogen-bond acceptors (Lipinski definition) is 7. The van der Waals surface area contributed by atoms with Gasteiger partial charge in [-0.3, -0.25) is 9.52 Å². The summed E-state index contributed by atoms with van der Waals surface area (Å²) in [6.07, 6.45) is 0.138. The smallest absolute Gasteiger partial charge is 0.319 e. The predicted molar refractivity (Wildman–Crippen MR) is 147 cm³/mol. The molecule has 14 heteroatoms. The number of anilines is 3. The van der Waals surface area contributed by atoms with Crippen molar-refractivity contribution in [3.63, 3.8) is 0 Å². The van der Waals surface area contributed by atoms with Gasteiger partial charge in [-0.25, -0.2) is 26.4 Å². The topological polar surface area (TPSA) is 197 Å². The monoisotopic (exact) mass is 575 g/mol. The number of amides is 2. The third-order valence-corrected chi connectivity index (χ3v) is 8.21. The molecule has 0 spiro atoms. The Balaban J connectivity index is 1.84. The van der Waals surface area contributed by atoms with Gasteiger partial charge >= 0.3 is 12.0 Å². The first-order valence-electron chi connectivity index (χ1n) is 11.8. The molecule has 0 fully saturated rings. The number of carbonyl (C=O) groups excluding carboxylic acids is 1. The largest absolute Gasteiger partial charge is 0.481 e. The van der Waals surface area contributed by atoms with E-state index in [2.05, 4.69) is 20.1 Å². The first kappa shape index (κ1) is 29.4. The molecule has 0 bridgehead atoms. The second-order valence-corrected chi connectivity index (χ2v) is 11.9. The number of nitrogens with one attached hydrogen (secondary N) is 4. The van der Waals surface area contributed by atoms with Gasteiger partial charge in [0.15, 0.2) is 0 Å². The van der Waals surface area contributed by atoms with E-state index in [1.165, 1.54) is 72.8 Å². The van der Waals surface area contributed by atoms with Crippen LogP contribution >= 0.6 is 0 Å². The molecular weight excluding hydrogens is 546 g/mol. The fourth-order valence-corrected chi connectivity index (χ4v) is 5.81. The summed E-state index contributed by atoms with van der Waals surface area (Å²) in [6.45, 7) is 2.35. The first-order valence-corrected chi connectivity index (χ1v) is 14.7. The van der Waals surface area contributed by atoms with Gasteiger partial charge in [0.25, 0.3) is 10.0 Å². The third-order valence-electron chi connectivity index (χ3n) is 5.35. The molecular formula is C25H29N5O7S2. The Morgan fingerprint density at radius 3 is 2.21 bits per heavy atom. The number of urea groups is 1. The lowest BCUT2D eigenvalue weighted by Crippen LogP contribution is -2.30. The summed E-state index contributed by atoms with van der Waals surface area (Å²) < 4.78 is 56.6. The summed E-state index contributed by atoms with van der Waals surface area (Å²) in [4.78, 5) is 23.2. The van der Waals surface area contributed by atoms with Crippen molar-refractivity contribution in [3.05, 3.63) is 78.4 Å². The molecule has 0 saturated carbocycles. The Labute approximate surface area is 226 Å². The number of rotatable bonds is 12. The van der Waals surface area contributed by atoms with Crippen molar-refractivity contribution in [3.8, 4) is 0 Å². The molecule has 0 radical (unpaired) electrons. The zero-order chi connectivity index (χ0) is 28.6. The minimum absolute atomic E-state index is 0.0774. The van der Waals surface area contributed by atoms with Crippen LogP contribution in [0.5, 0.6) is 0 Å². The molecule has 0 aliphatic rings. The van der Waals surface area contributed by atoms with Crippen molar-refractivity contribution >= 4 is 49.1 Å². The molecule has 0 saturated heterocycles. The van der Waals surface area contributed by atoms with E-state index >= 15 is 0 Å². The van der Waals surface area contributed by atoms with Gasteiger partial charge < -0.3 is 21.5 Å². The lowest BCUT2D eigenvalue weighted by Gasteiger charge is -2.19. The van der Waals surface area contributed by atoms with Gasteiger partial charge in [0, 0.05) is 23.6 Å². The number of benzene rings is 3. The third kappa shape index (κ3) is 8.43. The molecule has 0 aromatic heterocycles. The lowest BCUT2D eigenvalue weighted by atomic mass is 10.0. The minimum atomic E-state index is -4.13. The van der Waals surface area contributed by atoms with Crippen LogP contribution in [0.3, 0.4) is 0 Å². The molecule has 0 aliphatic heterocycles. The van der Waals surface area contributed by atoms with Crippen LogP contribution in [0, 0.1) is 0 Å². The molecule has 7 N–H and O–H groups in total. The maximum Gasteiger partial charge on any atom is 0.319 e. The molecule has 0 heterocycles. The number of carboxylic acids is 1. The van der Waals surface area contributed by atoms with Crippen LogP contribution in [0.25, 0.3) is 0 Å². The number of sulfonamides is 2. The van der Waals surface area contributed by atoms with Crippen molar-refractivity contribution in [2.24, 2.45) is 0 Å². The van der Waals surface area contributed by atoms with Crippen LogP contribution in [0.4, 0.5) is 21.9 Å². The summed E-state index contributed by atoms with van der Waals surface area (Å²) in [7, 11) is -8.25. The van der Waals surface area contributed by atoms with E-state index in [1.807, 2.05) is 6.92 Å². The fraction of sp³-hybridized carbons (Fsp3) is 0.200. The van der Waals surface area contributed by atoms with Crippen LogP contribution in [0.1, 0.15) is 31.4 Å². The molecule has 0 aliphatic carbocycles. The summed E-state index contributed by atoms with van der Waals surface area (Å²) in [6, 6.07) is 15.1. The highest BCUT2D eigenvalue weighted by atomic mass is 32.2. The van der Waals surface area contributed by atoms with Crippen LogP contribution < -0.4 is 25.8 Å². The molecule has 12 nitrogen and oxygen atoms in total. The SMILES string of the molecule is CCCNC(=O)Nc1cccc(S(=O)(=O)Nc2cccc(C(CC(=O)O)NS(=O)(=O)c3ccc(N)cc3)c2)c1. The molecule has 39 heavy (non-hydrogen) atoms. The second kappa shape index (κ2) is 12.6. The van der Waals surface area contributed by atoms with Crippen LogP contribution in [-0.2, 0) is 24.8 Å². The minimum Gasteiger partial charge on any atom is -0.481 e. The Morgan fingerprint density at radius 1 is 0.872 bits per heavy atom. The highest BCUT2D eigenvalue weighted by Crippen LogP contribution is 2.26. The zero-order valence-corrected chi connectivity index (χ0v) is 22.6. The zero-order valence-electron chi connectivity index (χ0n) is 20.9. The summed E-state index contributed by atoms with van der Waals surface area (Å²) in [5.41, 5.74) is 6.53. The van der Waals surface area contributed by atoms with Gasteiger partial charge in [-0.2, -0.15) is 0 Å². The molecule has 3 aromatic carbocycles. The van der Waals surface area contributed by atoms with Gasteiger partial charge in [-0.05, 0) is 66.6 Å².